The van der Waals surface area contributed by atoms with E-state index in [-0.39, 0.29) is 11.8 Å². The molecule has 1 fully saturated rings. The molecular weight excluding hydrogens is 370 g/mol. The predicted molar refractivity (Wildman–Crippen MR) is 112 cm³/mol. The SMILES string of the molecule is CN(CCc1ccccn1)C(=O)CC[C@H]1CCCN(C(=O)Cc2cccs2)C1. The Kier molecular flexibility index (Phi) is 7.60. The lowest BCUT2D eigenvalue weighted by Crippen LogP contribution is -2.41. The molecule has 1 aliphatic rings. The minimum atomic E-state index is 0.179. The number of nitrogens with zero attached hydrogens (tertiary/aromatic N) is 3. The summed E-state index contributed by atoms with van der Waals surface area (Å²) < 4.78 is 0. The minimum Gasteiger partial charge on any atom is -0.345 e. The Morgan fingerprint density at radius 2 is 2.18 bits per heavy atom. The van der Waals surface area contributed by atoms with Crippen LogP contribution in [0.2, 0.25) is 0 Å². The molecule has 150 valence electrons. The summed E-state index contributed by atoms with van der Waals surface area (Å²) in [4.78, 5) is 34.2. The van der Waals surface area contributed by atoms with Crippen LogP contribution < -0.4 is 0 Å². The fourth-order valence-electron chi connectivity index (χ4n) is 3.67. The maximum Gasteiger partial charge on any atom is 0.227 e. The highest BCUT2D eigenvalue weighted by Crippen LogP contribution is 2.22. The molecule has 0 saturated carbocycles. The fourth-order valence-corrected chi connectivity index (χ4v) is 4.37. The Balaban J connectivity index is 1.39. The van der Waals surface area contributed by atoms with Crippen LogP contribution in [0.15, 0.2) is 41.9 Å². The number of likely N-dealkylation sites (N-methyl/N-ethyl adjacent to an activating group) is 1. The zero-order valence-corrected chi connectivity index (χ0v) is 17.4. The third kappa shape index (κ3) is 6.16. The maximum absolute atomic E-state index is 12.5. The first-order valence-electron chi connectivity index (χ1n) is 10.1. The Morgan fingerprint density at radius 3 is 2.93 bits per heavy atom. The van der Waals surface area contributed by atoms with E-state index in [1.807, 2.05) is 47.7 Å². The Morgan fingerprint density at radius 1 is 1.29 bits per heavy atom. The molecule has 0 aromatic carbocycles. The van der Waals surface area contributed by atoms with Crippen molar-refractivity contribution in [1.29, 1.82) is 0 Å². The molecule has 0 spiro atoms. The van der Waals surface area contributed by atoms with Gasteiger partial charge in [0, 0.05) is 56.3 Å². The zero-order valence-electron chi connectivity index (χ0n) is 16.5. The van der Waals surface area contributed by atoms with E-state index in [0.29, 0.717) is 25.3 Å². The Hall–Kier alpha value is -2.21. The number of hydrogen-bond donors (Lipinski definition) is 0. The van der Waals surface area contributed by atoms with E-state index in [4.69, 9.17) is 0 Å². The van der Waals surface area contributed by atoms with E-state index in [9.17, 15) is 9.59 Å². The number of piperidine rings is 1. The van der Waals surface area contributed by atoms with E-state index in [0.717, 1.165) is 49.3 Å². The molecule has 0 aliphatic carbocycles. The Labute approximate surface area is 171 Å². The molecule has 3 rings (SSSR count). The summed E-state index contributed by atoms with van der Waals surface area (Å²) in [7, 11) is 1.86. The monoisotopic (exact) mass is 399 g/mol. The summed E-state index contributed by atoms with van der Waals surface area (Å²) in [6.07, 6.45) is 6.60. The molecule has 3 heterocycles. The molecule has 2 aromatic rings. The summed E-state index contributed by atoms with van der Waals surface area (Å²) in [5.41, 5.74) is 1.01. The Bertz CT molecular complexity index is 748. The molecule has 0 unspecified atom stereocenters. The molecule has 1 aliphatic heterocycles. The third-order valence-corrected chi connectivity index (χ3v) is 6.28. The van der Waals surface area contributed by atoms with Gasteiger partial charge in [-0.1, -0.05) is 12.1 Å². The average Bonchev–Trinajstić information content (AvgIpc) is 3.24. The van der Waals surface area contributed by atoms with Gasteiger partial charge in [0.2, 0.25) is 11.8 Å². The van der Waals surface area contributed by atoms with Crippen molar-refractivity contribution < 1.29 is 9.59 Å². The van der Waals surface area contributed by atoms with Crippen LogP contribution in [-0.2, 0) is 22.4 Å². The van der Waals surface area contributed by atoms with Crippen molar-refractivity contribution in [3.63, 3.8) is 0 Å². The quantitative estimate of drug-likeness (QED) is 0.684. The molecule has 2 aromatic heterocycles. The van der Waals surface area contributed by atoms with Crippen LogP contribution in [0.1, 0.15) is 36.3 Å². The lowest BCUT2D eigenvalue weighted by molar-refractivity contribution is -0.132. The van der Waals surface area contributed by atoms with Crippen molar-refractivity contribution in [2.45, 2.75) is 38.5 Å². The van der Waals surface area contributed by atoms with Crippen molar-refractivity contribution >= 4 is 23.2 Å². The molecule has 6 heteroatoms. The van der Waals surface area contributed by atoms with Gasteiger partial charge in [0.15, 0.2) is 0 Å². The summed E-state index contributed by atoms with van der Waals surface area (Å²) in [6, 6.07) is 9.86. The van der Waals surface area contributed by atoms with E-state index in [2.05, 4.69) is 4.98 Å². The number of carbonyl (C=O) groups is 2. The first-order valence-corrected chi connectivity index (χ1v) is 10.9. The molecule has 28 heavy (non-hydrogen) atoms. The van der Waals surface area contributed by atoms with Crippen LogP contribution in [0.5, 0.6) is 0 Å². The second-order valence-corrected chi connectivity index (χ2v) is 8.56. The van der Waals surface area contributed by atoms with Crippen molar-refractivity contribution in [1.82, 2.24) is 14.8 Å². The zero-order chi connectivity index (χ0) is 19.8. The van der Waals surface area contributed by atoms with Crippen LogP contribution in [0.3, 0.4) is 0 Å². The molecule has 5 nitrogen and oxygen atoms in total. The van der Waals surface area contributed by atoms with Gasteiger partial charge < -0.3 is 9.80 Å². The van der Waals surface area contributed by atoms with Crippen LogP contribution in [0, 0.1) is 5.92 Å². The number of hydrogen-bond acceptors (Lipinski definition) is 4. The molecule has 0 N–H and O–H groups in total. The van der Waals surface area contributed by atoms with Crippen LogP contribution in [-0.4, -0.2) is 53.3 Å². The van der Waals surface area contributed by atoms with Gasteiger partial charge in [0.1, 0.15) is 0 Å². The van der Waals surface area contributed by atoms with Gasteiger partial charge in [0.25, 0.3) is 0 Å². The van der Waals surface area contributed by atoms with E-state index >= 15 is 0 Å². The predicted octanol–water partition coefficient (Wildman–Crippen LogP) is 3.41. The lowest BCUT2D eigenvalue weighted by atomic mass is 9.93. The fraction of sp³-hybridized carbons (Fsp3) is 0.500. The second kappa shape index (κ2) is 10.4. The molecule has 2 amide bonds. The van der Waals surface area contributed by atoms with Gasteiger partial charge in [-0.25, -0.2) is 0 Å². The van der Waals surface area contributed by atoms with Crippen molar-refractivity contribution in [3.8, 4) is 0 Å². The highest BCUT2D eigenvalue weighted by Gasteiger charge is 2.24. The number of rotatable bonds is 8. The molecule has 1 saturated heterocycles. The normalized spacial score (nSPS) is 16.8. The van der Waals surface area contributed by atoms with Gasteiger partial charge >= 0.3 is 0 Å². The number of amides is 2. The second-order valence-electron chi connectivity index (χ2n) is 7.53. The topological polar surface area (TPSA) is 53.5 Å². The highest BCUT2D eigenvalue weighted by molar-refractivity contribution is 7.10. The summed E-state index contributed by atoms with van der Waals surface area (Å²) in [5.74, 6) is 0.818. The van der Waals surface area contributed by atoms with Crippen molar-refractivity contribution in [2.24, 2.45) is 5.92 Å². The van der Waals surface area contributed by atoms with Gasteiger partial charge in [-0.2, -0.15) is 0 Å². The molecule has 0 radical (unpaired) electrons. The summed E-state index contributed by atoms with van der Waals surface area (Å²) in [6.45, 7) is 2.32. The summed E-state index contributed by atoms with van der Waals surface area (Å²) in [5, 5.41) is 2.01. The highest BCUT2D eigenvalue weighted by atomic mass is 32.1. The number of likely N-dealkylation sites (tertiary alicyclic amines) is 1. The number of aromatic nitrogens is 1. The van der Waals surface area contributed by atoms with Crippen LogP contribution >= 0.6 is 11.3 Å². The first-order chi connectivity index (χ1) is 13.6. The minimum absolute atomic E-state index is 0.179. The number of carbonyl (C=O) groups excluding carboxylic acids is 2. The largest absolute Gasteiger partial charge is 0.345 e. The maximum atomic E-state index is 12.5. The van der Waals surface area contributed by atoms with Gasteiger partial charge in [-0.05, 0) is 48.8 Å². The molecule has 1 atom stereocenters. The number of pyridine rings is 1. The number of thiophene rings is 1. The standard InChI is InChI=1S/C22H29N3O2S/c1-24(14-11-19-7-2-3-12-23-19)21(26)10-9-18-6-4-13-25(17-18)22(27)16-20-8-5-15-28-20/h2-3,5,7-8,12,15,18H,4,6,9-11,13-14,16-17H2,1H3/t18-/m1/s1. The molecular formula is C22H29N3O2S. The van der Waals surface area contributed by atoms with E-state index < -0.39 is 0 Å². The van der Waals surface area contributed by atoms with Crippen LogP contribution in [0.25, 0.3) is 0 Å². The lowest BCUT2D eigenvalue weighted by Gasteiger charge is -2.33. The van der Waals surface area contributed by atoms with Gasteiger partial charge in [-0.15, -0.1) is 11.3 Å². The molecule has 0 bridgehead atoms. The smallest absolute Gasteiger partial charge is 0.227 e. The summed E-state index contributed by atoms with van der Waals surface area (Å²) >= 11 is 1.63. The van der Waals surface area contributed by atoms with Gasteiger partial charge in [0.05, 0.1) is 6.42 Å². The van der Waals surface area contributed by atoms with E-state index in [1.54, 1.807) is 22.4 Å². The average molecular weight is 400 g/mol. The van der Waals surface area contributed by atoms with Crippen LogP contribution in [0.4, 0.5) is 0 Å². The van der Waals surface area contributed by atoms with E-state index in [1.165, 1.54) is 0 Å². The van der Waals surface area contributed by atoms with Gasteiger partial charge in [-0.3, -0.25) is 14.6 Å². The first kappa shape index (κ1) is 20.5. The van der Waals surface area contributed by atoms with Crippen molar-refractivity contribution in [3.05, 3.63) is 52.5 Å². The van der Waals surface area contributed by atoms with Crippen molar-refractivity contribution in [2.75, 3.05) is 26.7 Å². The third-order valence-electron chi connectivity index (χ3n) is 5.40.